The predicted octanol–water partition coefficient (Wildman–Crippen LogP) is 3.02. The standard InChI is InChI=1S/C17H17BrN2O3/c1-20(2)16(21)15(11-6-4-3-5-7-11)23-17(22)13-10-12(18)8-9-14(13)19/h3-10,15H,19H2,1-2H3. The number of benzene rings is 2. The molecule has 2 aromatic carbocycles. The van der Waals surface area contributed by atoms with Gasteiger partial charge < -0.3 is 15.4 Å². The Morgan fingerprint density at radius 2 is 1.78 bits per heavy atom. The van der Waals surface area contributed by atoms with Crippen molar-refractivity contribution in [3.63, 3.8) is 0 Å². The Hall–Kier alpha value is -2.34. The van der Waals surface area contributed by atoms with Gasteiger partial charge in [0.2, 0.25) is 6.10 Å². The molecule has 0 aromatic heterocycles. The SMILES string of the molecule is CN(C)C(=O)C(OC(=O)c1cc(Br)ccc1N)c1ccccc1. The van der Waals surface area contributed by atoms with Crippen molar-refractivity contribution in [3.8, 4) is 0 Å². The maximum absolute atomic E-state index is 12.4. The van der Waals surface area contributed by atoms with E-state index in [1.54, 1.807) is 56.6 Å². The third kappa shape index (κ3) is 4.10. The number of amides is 1. The van der Waals surface area contributed by atoms with E-state index in [2.05, 4.69) is 15.9 Å². The minimum absolute atomic E-state index is 0.215. The molecule has 0 fully saturated rings. The fourth-order valence-electron chi connectivity index (χ4n) is 2.00. The van der Waals surface area contributed by atoms with E-state index in [0.717, 1.165) is 0 Å². The summed E-state index contributed by atoms with van der Waals surface area (Å²) in [6.45, 7) is 0. The van der Waals surface area contributed by atoms with Gasteiger partial charge in [-0.3, -0.25) is 4.79 Å². The van der Waals surface area contributed by atoms with Gasteiger partial charge in [-0.1, -0.05) is 46.3 Å². The molecule has 0 bridgehead atoms. The molecule has 1 atom stereocenters. The summed E-state index contributed by atoms with van der Waals surface area (Å²) in [5.41, 5.74) is 6.94. The monoisotopic (exact) mass is 376 g/mol. The first-order chi connectivity index (χ1) is 10.9. The van der Waals surface area contributed by atoms with Crippen molar-refractivity contribution in [2.75, 3.05) is 19.8 Å². The number of ether oxygens (including phenoxy) is 1. The van der Waals surface area contributed by atoms with Crippen molar-refractivity contribution in [2.24, 2.45) is 0 Å². The van der Waals surface area contributed by atoms with Crippen molar-refractivity contribution in [2.45, 2.75) is 6.10 Å². The summed E-state index contributed by atoms with van der Waals surface area (Å²) < 4.78 is 6.15. The third-order valence-electron chi connectivity index (χ3n) is 3.23. The molecule has 2 aromatic rings. The quantitative estimate of drug-likeness (QED) is 0.657. The van der Waals surface area contributed by atoms with Crippen LogP contribution in [0.4, 0.5) is 5.69 Å². The van der Waals surface area contributed by atoms with E-state index in [1.165, 1.54) is 4.90 Å². The van der Waals surface area contributed by atoms with Crippen LogP contribution >= 0.6 is 15.9 Å². The van der Waals surface area contributed by atoms with Gasteiger partial charge in [0.05, 0.1) is 5.56 Å². The average molecular weight is 377 g/mol. The molecular formula is C17H17BrN2O3. The molecule has 0 aliphatic carbocycles. The van der Waals surface area contributed by atoms with Gasteiger partial charge in [-0.25, -0.2) is 4.79 Å². The Labute approximate surface area is 143 Å². The molecule has 0 radical (unpaired) electrons. The van der Waals surface area contributed by atoms with Crippen LogP contribution in [0.25, 0.3) is 0 Å². The number of likely N-dealkylation sites (N-methyl/N-ethyl adjacent to an activating group) is 1. The van der Waals surface area contributed by atoms with Gasteiger partial charge in [-0.15, -0.1) is 0 Å². The zero-order chi connectivity index (χ0) is 17.0. The predicted molar refractivity (Wildman–Crippen MR) is 91.8 cm³/mol. The molecule has 1 amide bonds. The lowest BCUT2D eigenvalue weighted by Crippen LogP contribution is -2.31. The van der Waals surface area contributed by atoms with Gasteiger partial charge in [0.15, 0.2) is 0 Å². The van der Waals surface area contributed by atoms with E-state index >= 15 is 0 Å². The normalized spacial score (nSPS) is 11.6. The van der Waals surface area contributed by atoms with Crippen molar-refractivity contribution in [1.29, 1.82) is 0 Å². The summed E-state index contributed by atoms with van der Waals surface area (Å²) >= 11 is 3.29. The fraction of sp³-hybridized carbons (Fsp3) is 0.176. The van der Waals surface area contributed by atoms with Gasteiger partial charge >= 0.3 is 5.97 Å². The smallest absolute Gasteiger partial charge is 0.341 e. The van der Waals surface area contributed by atoms with Crippen LogP contribution in [-0.4, -0.2) is 30.9 Å². The van der Waals surface area contributed by atoms with Gasteiger partial charge in [0.25, 0.3) is 5.91 Å². The molecule has 120 valence electrons. The number of carbonyl (C=O) groups excluding carboxylic acids is 2. The molecule has 2 N–H and O–H groups in total. The van der Waals surface area contributed by atoms with Crippen molar-refractivity contribution in [3.05, 3.63) is 64.1 Å². The Kier molecular flexibility index (Phi) is 5.39. The van der Waals surface area contributed by atoms with E-state index in [0.29, 0.717) is 15.7 Å². The molecule has 0 aliphatic rings. The second-order valence-corrected chi connectivity index (χ2v) is 6.08. The molecule has 0 aliphatic heterocycles. The lowest BCUT2D eigenvalue weighted by molar-refractivity contribution is -0.138. The number of anilines is 1. The second-order valence-electron chi connectivity index (χ2n) is 5.16. The molecule has 0 spiro atoms. The van der Waals surface area contributed by atoms with Crippen LogP contribution in [0.15, 0.2) is 53.0 Å². The first kappa shape index (κ1) is 17.0. The van der Waals surface area contributed by atoms with Gasteiger partial charge in [0.1, 0.15) is 0 Å². The van der Waals surface area contributed by atoms with Gasteiger partial charge in [-0.05, 0) is 18.2 Å². The largest absolute Gasteiger partial charge is 0.444 e. The summed E-state index contributed by atoms with van der Waals surface area (Å²) in [5.74, 6) is -0.967. The number of carbonyl (C=O) groups is 2. The van der Waals surface area contributed by atoms with Crippen LogP contribution < -0.4 is 5.73 Å². The number of nitrogens with two attached hydrogens (primary N) is 1. The molecular weight excluding hydrogens is 360 g/mol. The first-order valence-electron chi connectivity index (χ1n) is 6.92. The van der Waals surface area contributed by atoms with Crippen LogP contribution in [0.2, 0.25) is 0 Å². The Morgan fingerprint density at radius 1 is 1.13 bits per heavy atom. The van der Waals surface area contributed by atoms with Gasteiger partial charge in [0, 0.05) is 29.8 Å². The number of halogens is 1. The Bertz CT molecular complexity index is 717. The van der Waals surface area contributed by atoms with Crippen LogP contribution in [-0.2, 0) is 9.53 Å². The zero-order valence-corrected chi connectivity index (χ0v) is 14.4. The topological polar surface area (TPSA) is 72.6 Å². The highest BCUT2D eigenvalue weighted by Crippen LogP contribution is 2.24. The highest BCUT2D eigenvalue weighted by atomic mass is 79.9. The average Bonchev–Trinajstić information content (AvgIpc) is 2.54. The molecule has 23 heavy (non-hydrogen) atoms. The molecule has 5 nitrogen and oxygen atoms in total. The molecule has 2 rings (SSSR count). The molecule has 1 unspecified atom stereocenters. The highest BCUT2D eigenvalue weighted by molar-refractivity contribution is 9.10. The number of hydrogen-bond donors (Lipinski definition) is 1. The molecule has 6 heteroatoms. The van der Waals surface area contributed by atoms with Crippen LogP contribution in [0.3, 0.4) is 0 Å². The highest BCUT2D eigenvalue weighted by Gasteiger charge is 2.27. The Morgan fingerprint density at radius 3 is 2.39 bits per heavy atom. The summed E-state index contributed by atoms with van der Waals surface area (Å²) in [6, 6.07) is 13.8. The maximum Gasteiger partial charge on any atom is 0.341 e. The first-order valence-corrected chi connectivity index (χ1v) is 7.71. The number of nitrogen functional groups attached to an aromatic ring is 1. The molecule has 0 saturated carbocycles. The van der Waals surface area contributed by atoms with Crippen LogP contribution in [0.1, 0.15) is 22.0 Å². The summed E-state index contributed by atoms with van der Waals surface area (Å²) in [7, 11) is 3.22. The number of rotatable bonds is 4. The van der Waals surface area contributed by atoms with Gasteiger partial charge in [-0.2, -0.15) is 0 Å². The van der Waals surface area contributed by atoms with E-state index in [4.69, 9.17) is 10.5 Å². The van der Waals surface area contributed by atoms with Crippen molar-refractivity contribution < 1.29 is 14.3 Å². The number of esters is 1. The summed E-state index contributed by atoms with van der Waals surface area (Å²) in [5, 5.41) is 0. The van der Waals surface area contributed by atoms with E-state index in [9.17, 15) is 9.59 Å². The lowest BCUT2D eigenvalue weighted by Gasteiger charge is -2.21. The number of hydrogen-bond acceptors (Lipinski definition) is 4. The third-order valence-corrected chi connectivity index (χ3v) is 3.72. The minimum atomic E-state index is -1.02. The molecule has 0 saturated heterocycles. The zero-order valence-electron chi connectivity index (χ0n) is 12.8. The van der Waals surface area contributed by atoms with Crippen molar-refractivity contribution in [1.82, 2.24) is 4.90 Å². The van der Waals surface area contributed by atoms with E-state index in [-0.39, 0.29) is 11.5 Å². The minimum Gasteiger partial charge on any atom is -0.444 e. The van der Waals surface area contributed by atoms with E-state index in [1.807, 2.05) is 6.07 Å². The van der Waals surface area contributed by atoms with E-state index < -0.39 is 12.1 Å². The fourth-order valence-corrected chi connectivity index (χ4v) is 2.36. The maximum atomic E-state index is 12.4. The summed E-state index contributed by atoms with van der Waals surface area (Å²) in [6.07, 6.45) is -1.02. The Balaban J connectivity index is 2.32. The lowest BCUT2D eigenvalue weighted by atomic mass is 10.1. The van der Waals surface area contributed by atoms with Crippen molar-refractivity contribution >= 4 is 33.5 Å². The summed E-state index contributed by atoms with van der Waals surface area (Å²) in [4.78, 5) is 26.2. The van der Waals surface area contributed by atoms with Crippen LogP contribution in [0, 0.1) is 0 Å². The molecule has 0 heterocycles. The number of nitrogens with zero attached hydrogens (tertiary/aromatic N) is 1. The van der Waals surface area contributed by atoms with Crippen LogP contribution in [0.5, 0.6) is 0 Å². The second kappa shape index (κ2) is 7.28.